The van der Waals surface area contributed by atoms with Gasteiger partial charge in [0.15, 0.2) is 6.61 Å². The minimum atomic E-state index is -0.546. The van der Waals surface area contributed by atoms with Crippen molar-refractivity contribution in [1.29, 1.82) is 0 Å². The van der Waals surface area contributed by atoms with Crippen molar-refractivity contribution < 1.29 is 19.1 Å². The maximum absolute atomic E-state index is 11.7. The van der Waals surface area contributed by atoms with Crippen molar-refractivity contribution in [2.75, 3.05) is 19.7 Å². The Kier molecular flexibility index (Phi) is 7.35. The summed E-state index contributed by atoms with van der Waals surface area (Å²) in [6.45, 7) is 9.58. The monoisotopic (exact) mass is 356 g/mol. The van der Waals surface area contributed by atoms with Crippen LogP contribution in [0.25, 0.3) is 0 Å². The number of carbonyl (C=O) groups excluding carboxylic acids is 2. The second kappa shape index (κ2) is 8.78. The van der Waals surface area contributed by atoms with Gasteiger partial charge in [-0.1, -0.05) is 11.6 Å². The molecular weight excluding hydrogens is 332 g/mol. The Labute approximate surface area is 147 Å². The van der Waals surface area contributed by atoms with Gasteiger partial charge in [-0.25, -0.2) is 4.79 Å². The predicted octanol–water partition coefficient (Wildman–Crippen LogP) is 2.98. The molecule has 0 heterocycles. The molecule has 1 rings (SSSR count). The van der Waals surface area contributed by atoms with Crippen LogP contribution >= 0.6 is 11.6 Å². The van der Waals surface area contributed by atoms with Gasteiger partial charge in [0.1, 0.15) is 11.4 Å². The van der Waals surface area contributed by atoms with Gasteiger partial charge < -0.3 is 20.1 Å². The number of carbonyl (C=O) groups is 2. The zero-order valence-corrected chi connectivity index (χ0v) is 15.5. The van der Waals surface area contributed by atoms with Crippen molar-refractivity contribution in [2.24, 2.45) is 0 Å². The lowest BCUT2D eigenvalue weighted by atomic mass is 10.1. The van der Waals surface area contributed by atoms with E-state index in [-0.39, 0.29) is 19.1 Å². The van der Waals surface area contributed by atoms with Crippen LogP contribution in [0, 0.1) is 13.8 Å². The van der Waals surface area contributed by atoms with Crippen LogP contribution in [0.4, 0.5) is 4.79 Å². The van der Waals surface area contributed by atoms with Crippen molar-refractivity contribution in [3.63, 3.8) is 0 Å². The molecule has 0 radical (unpaired) electrons. The highest BCUT2D eigenvalue weighted by molar-refractivity contribution is 6.32. The quantitative estimate of drug-likeness (QED) is 0.768. The molecule has 0 atom stereocenters. The number of hydrogen-bond donors (Lipinski definition) is 2. The summed E-state index contributed by atoms with van der Waals surface area (Å²) < 4.78 is 10.5. The zero-order chi connectivity index (χ0) is 18.3. The molecule has 2 N–H and O–H groups in total. The molecule has 6 nitrogen and oxygen atoms in total. The predicted molar refractivity (Wildman–Crippen MR) is 93.7 cm³/mol. The minimum absolute atomic E-state index is 0.104. The fourth-order valence-electron chi connectivity index (χ4n) is 1.87. The van der Waals surface area contributed by atoms with Gasteiger partial charge in [-0.05, 0) is 57.9 Å². The maximum atomic E-state index is 11.7. The van der Waals surface area contributed by atoms with Crippen molar-refractivity contribution in [3.8, 4) is 5.75 Å². The molecule has 0 unspecified atom stereocenters. The van der Waals surface area contributed by atoms with Gasteiger partial charge in [-0.2, -0.15) is 0 Å². The van der Waals surface area contributed by atoms with E-state index in [1.54, 1.807) is 32.9 Å². The van der Waals surface area contributed by atoms with E-state index in [2.05, 4.69) is 10.6 Å². The van der Waals surface area contributed by atoms with Crippen LogP contribution in [0.5, 0.6) is 5.75 Å². The maximum Gasteiger partial charge on any atom is 0.407 e. The van der Waals surface area contributed by atoms with Gasteiger partial charge >= 0.3 is 6.09 Å². The Morgan fingerprint density at radius 3 is 2.17 bits per heavy atom. The van der Waals surface area contributed by atoms with Crippen LogP contribution in [0.15, 0.2) is 12.1 Å². The van der Waals surface area contributed by atoms with E-state index in [4.69, 9.17) is 21.1 Å². The molecule has 1 aromatic rings. The fraction of sp³-hybridized carbons (Fsp3) is 0.529. The summed E-state index contributed by atoms with van der Waals surface area (Å²) in [7, 11) is 0. The zero-order valence-electron chi connectivity index (χ0n) is 14.8. The van der Waals surface area contributed by atoms with Crippen LogP contribution in [-0.2, 0) is 9.53 Å². The number of nitrogens with one attached hydrogen (secondary N) is 2. The third-order valence-corrected chi connectivity index (χ3v) is 3.49. The molecule has 0 aromatic heterocycles. The van der Waals surface area contributed by atoms with Gasteiger partial charge in [0, 0.05) is 18.1 Å². The van der Waals surface area contributed by atoms with Crippen LogP contribution in [0.2, 0.25) is 5.02 Å². The Hall–Kier alpha value is -1.95. The molecule has 0 saturated carbocycles. The van der Waals surface area contributed by atoms with Gasteiger partial charge in [-0.3, -0.25) is 4.79 Å². The van der Waals surface area contributed by atoms with Crippen LogP contribution < -0.4 is 15.4 Å². The average molecular weight is 357 g/mol. The second-order valence-electron chi connectivity index (χ2n) is 6.44. The summed E-state index contributed by atoms with van der Waals surface area (Å²) >= 11 is 6.08. The molecule has 134 valence electrons. The molecule has 0 aliphatic rings. The average Bonchev–Trinajstić information content (AvgIpc) is 2.45. The fourth-order valence-corrected chi connectivity index (χ4v) is 1.98. The molecule has 0 bridgehead atoms. The number of amides is 2. The number of ether oxygens (including phenoxy) is 2. The Bertz CT molecular complexity index is 574. The number of rotatable bonds is 6. The van der Waals surface area contributed by atoms with E-state index >= 15 is 0 Å². The Balaban J connectivity index is 2.27. The summed E-state index contributed by atoms with van der Waals surface area (Å²) in [5.74, 6) is 0.322. The van der Waals surface area contributed by atoms with Crippen LogP contribution in [0.1, 0.15) is 31.9 Å². The Morgan fingerprint density at radius 1 is 1.08 bits per heavy atom. The number of aryl methyl sites for hydroxylation is 2. The van der Waals surface area contributed by atoms with E-state index < -0.39 is 11.7 Å². The summed E-state index contributed by atoms with van der Waals surface area (Å²) in [4.78, 5) is 23.1. The lowest BCUT2D eigenvalue weighted by Crippen LogP contribution is -2.39. The topological polar surface area (TPSA) is 76.7 Å². The second-order valence-corrected chi connectivity index (χ2v) is 6.82. The number of hydrogen-bond acceptors (Lipinski definition) is 4. The highest BCUT2D eigenvalue weighted by Gasteiger charge is 2.15. The van der Waals surface area contributed by atoms with E-state index in [0.717, 1.165) is 11.1 Å². The summed E-state index contributed by atoms with van der Waals surface area (Å²) in [5, 5.41) is 5.90. The summed E-state index contributed by atoms with van der Waals surface area (Å²) in [6, 6.07) is 3.57. The molecular formula is C17H25ClN2O4. The molecule has 2 amide bonds. The highest BCUT2D eigenvalue weighted by Crippen LogP contribution is 2.25. The third-order valence-electron chi connectivity index (χ3n) is 2.90. The Morgan fingerprint density at radius 2 is 1.62 bits per heavy atom. The van der Waals surface area contributed by atoms with E-state index in [1.165, 1.54) is 0 Å². The number of halogens is 1. The molecule has 0 saturated heterocycles. The van der Waals surface area contributed by atoms with Crippen molar-refractivity contribution in [3.05, 3.63) is 28.3 Å². The first-order valence-corrected chi connectivity index (χ1v) is 8.09. The van der Waals surface area contributed by atoms with Crippen LogP contribution in [0.3, 0.4) is 0 Å². The lowest BCUT2D eigenvalue weighted by molar-refractivity contribution is -0.123. The SMILES string of the molecule is Cc1cc(OCC(=O)NCCNC(=O)OC(C)(C)C)cc(C)c1Cl. The molecule has 0 aliphatic heterocycles. The van der Waals surface area contributed by atoms with Gasteiger partial charge in [0.25, 0.3) is 5.91 Å². The van der Waals surface area contributed by atoms with E-state index in [9.17, 15) is 9.59 Å². The molecule has 0 fully saturated rings. The van der Waals surface area contributed by atoms with E-state index in [1.807, 2.05) is 13.8 Å². The standard InChI is InChI=1S/C17H25ClN2O4/c1-11-8-13(9-12(2)15(11)18)23-10-14(21)19-6-7-20-16(22)24-17(3,4)5/h8-9H,6-7,10H2,1-5H3,(H,19,21)(H,20,22). The van der Waals surface area contributed by atoms with Gasteiger partial charge in [-0.15, -0.1) is 0 Å². The van der Waals surface area contributed by atoms with E-state index in [0.29, 0.717) is 17.3 Å². The first-order chi connectivity index (χ1) is 11.1. The molecule has 0 spiro atoms. The summed E-state index contributed by atoms with van der Waals surface area (Å²) in [6.07, 6.45) is -0.514. The molecule has 7 heteroatoms. The normalized spacial score (nSPS) is 10.9. The molecule has 24 heavy (non-hydrogen) atoms. The molecule has 0 aliphatic carbocycles. The molecule has 1 aromatic carbocycles. The minimum Gasteiger partial charge on any atom is -0.484 e. The third kappa shape index (κ3) is 7.55. The first-order valence-electron chi connectivity index (χ1n) is 7.71. The highest BCUT2D eigenvalue weighted by atomic mass is 35.5. The van der Waals surface area contributed by atoms with Crippen LogP contribution in [-0.4, -0.2) is 37.3 Å². The largest absolute Gasteiger partial charge is 0.484 e. The van der Waals surface area contributed by atoms with Crippen molar-refractivity contribution >= 4 is 23.6 Å². The van der Waals surface area contributed by atoms with Crippen molar-refractivity contribution in [1.82, 2.24) is 10.6 Å². The van der Waals surface area contributed by atoms with Gasteiger partial charge in [0.2, 0.25) is 0 Å². The smallest absolute Gasteiger partial charge is 0.407 e. The van der Waals surface area contributed by atoms with Crippen molar-refractivity contribution in [2.45, 2.75) is 40.2 Å². The number of benzene rings is 1. The summed E-state index contributed by atoms with van der Waals surface area (Å²) in [5.41, 5.74) is 1.25. The van der Waals surface area contributed by atoms with Gasteiger partial charge in [0.05, 0.1) is 0 Å². The number of alkyl carbamates (subject to hydrolysis) is 1. The first kappa shape index (κ1) is 20.1. The lowest BCUT2D eigenvalue weighted by Gasteiger charge is -2.19.